The first-order valence-electron chi connectivity index (χ1n) is 5.51. The summed E-state index contributed by atoms with van der Waals surface area (Å²) in [6.45, 7) is 1.89. The Labute approximate surface area is 98.3 Å². The molecule has 2 heterocycles. The van der Waals surface area contributed by atoms with E-state index < -0.39 is 0 Å². The zero-order valence-electron chi connectivity index (χ0n) is 9.55. The van der Waals surface area contributed by atoms with Gasteiger partial charge in [-0.25, -0.2) is 4.98 Å². The molecule has 0 spiro atoms. The number of rotatable bonds is 0. The van der Waals surface area contributed by atoms with Crippen molar-refractivity contribution >= 4 is 17.0 Å². The van der Waals surface area contributed by atoms with E-state index in [4.69, 9.17) is 5.73 Å². The van der Waals surface area contributed by atoms with Crippen molar-refractivity contribution in [1.29, 1.82) is 0 Å². The first-order valence-corrected chi connectivity index (χ1v) is 5.51. The van der Waals surface area contributed by atoms with Crippen molar-refractivity contribution in [1.82, 2.24) is 15.0 Å². The summed E-state index contributed by atoms with van der Waals surface area (Å²) < 4.78 is 0. The molecule has 1 aliphatic heterocycles. The van der Waals surface area contributed by atoms with Crippen molar-refractivity contribution < 1.29 is 4.85 Å². The topological polar surface area (TPSA) is 82.0 Å². The van der Waals surface area contributed by atoms with E-state index in [1.165, 1.54) is 11.1 Å². The van der Waals surface area contributed by atoms with Crippen LogP contribution in [-0.2, 0) is 13.0 Å². The maximum Gasteiger partial charge on any atom is 0.288 e. The molecule has 0 saturated heterocycles. The third-order valence-corrected chi connectivity index (χ3v) is 3.13. The number of fused-ring (bicyclic) bond motifs is 2. The Morgan fingerprint density at radius 3 is 3.06 bits per heavy atom. The van der Waals surface area contributed by atoms with Gasteiger partial charge in [0.15, 0.2) is 0 Å². The lowest BCUT2D eigenvalue weighted by Gasteiger charge is -2.24. The van der Waals surface area contributed by atoms with Gasteiger partial charge in [-0.3, -0.25) is 0 Å². The predicted octanol–water partition coefficient (Wildman–Crippen LogP) is -0.167. The van der Waals surface area contributed by atoms with Gasteiger partial charge in [-0.15, -0.1) is 0 Å². The lowest BCUT2D eigenvalue weighted by Crippen LogP contribution is -2.34. The highest BCUT2D eigenvalue weighted by atomic mass is 16.5. The minimum Gasteiger partial charge on any atom is -0.594 e. The number of likely N-dealkylation sites (N-methyl/N-ethyl adjacent to an activating group) is 1. The third-order valence-electron chi connectivity index (χ3n) is 3.13. The fraction of sp³-hybridized carbons (Fsp3) is 0.364. The average molecular weight is 231 g/mol. The summed E-state index contributed by atoms with van der Waals surface area (Å²) in [5.41, 5.74) is 8.99. The highest BCUT2D eigenvalue weighted by Gasteiger charge is 2.18. The van der Waals surface area contributed by atoms with Crippen molar-refractivity contribution in [3.63, 3.8) is 0 Å². The molecule has 0 amide bonds. The number of hydrogen-bond acceptors (Lipinski definition) is 5. The third kappa shape index (κ3) is 1.66. The van der Waals surface area contributed by atoms with Crippen molar-refractivity contribution in [2.24, 2.45) is 0 Å². The molecule has 6 heteroatoms. The van der Waals surface area contributed by atoms with Gasteiger partial charge >= 0.3 is 0 Å². The Morgan fingerprint density at radius 1 is 1.41 bits per heavy atom. The second-order valence-corrected chi connectivity index (χ2v) is 4.44. The lowest BCUT2D eigenvalue weighted by atomic mass is 9.99. The molecule has 1 aromatic heterocycles. The Morgan fingerprint density at radius 2 is 2.24 bits per heavy atom. The van der Waals surface area contributed by atoms with Crippen molar-refractivity contribution in [3.8, 4) is 0 Å². The maximum absolute atomic E-state index is 11.6. The first kappa shape index (κ1) is 10.2. The quantitative estimate of drug-likeness (QED) is 0.503. The van der Waals surface area contributed by atoms with E-state index in [-0.39, 0.29) is 5.95 Å². The Hall–Kier alpha value is -1.95. The van der Waals surface area contributed by atoms with Crippen LogP contribution in [0.2, 0.25) is 0 Å². The SMILES string of the molecule is CN1CCc2cc3c(cc2C1)nc(N)n[n+]3[O-]. The predicted molar refractivity (Wildman–Crippen MR) is 62.9 cm³/mol. The molecule has 0 bridgehead atoms. The summed E-state index contributed by atoms with van der Waals surface area (Å²) in [6.07, 6.45) is 0.951. The van der Waals surface area contributed by atoms with E-state index >= 15 is 0 Å². The van der Waals surface area contributed by atoms with Gasteiger partial charge in [-0.2, -0.15) is 0 Å². The van der Waals surface area contributed by atoms with Crippen molar-refractivity contribution in [2.75, 3.05) is 19.3 Å². The Balaban J connectivity index is 2.25. The number of nitrogens with zero attached hydrogens (tertiary/aromatic N) is 4. The molecule has 0 aliphatic carbocycles. The lowest BCUT2D eigenvalue weighted by molar-refractivity contribution is -0.641. The monoisotopic (exact) mass is 231 g/mol. The number of anilines is 1. The molecule has 2 N–H and O–H groups in total. The second-order valence-electron chi connectivity index (χ2n) is 4.44. The van der Waals surface area contributed by atoms with Gasteiger partial charge in [0, 0.05) is 19.2 Å². The zero-order valence-corrected chi connectivity index (χ0v) is 9.55. The highest BCUT2D eigenvalue weighted by molar-refractivity contribution is 5.74. The van der Waals surface area contributed by atoms with Gasteiger partial charge in [0.1, 0.15) is 5.52 Å². The molecule has 1 aliphatic rings. The molecule has 0 atom stereocenters. The molecule has 0 fully saturated rings. The minimum atomic E-state index is 0.0108. The second kappa shape index (κ2) is 3.53. The van der Waals surface area contributed by atoms with E-state index in [9.17, 15) is 5.21 Å². The fourth-order valence-electron chi connectivity index (χ4n) is 2.26. The van der Waals surface area contributed by atoms with Crippen LogP contribution in [0.15, 0.2) is 12.1 Å². The van der Waals surface area contributed by atoms with Crippen LogP contribution in [0, 0.1) is 5.21 Å². The van der Waals surface area contributed by atoms with Gasteiger partial charge in [0.2, 0.25) is 0 Å². The van der Waals surface area contributed by atoms with Crippen LogP contribution < -0.4 is 10.6 Å². The summed E-state index contributed by atoms with van der Waals surface area (Å²) in [6, 6.07) is 3.82. The summed E-state index contributed by atoms with van der Waals surface area (Å²) in [5.74, 6) is 0.0108. The molecule has 1 aromatic carbocycles. The van der Waals surface area contributed by atoms with Crippen LogP contribution in [-0.4, -0.2) is 28.6 Å². The molecule has 17 heavy (non-hydrogen) atoms. The Bertz CT molecular complexity index is 598. The van der Waals surface area contributed by atoms with Crippen LogP contribution in [0.5, 0.6) is 0 Å². The van der Waals surface area contributed by atoms with E-state index in [1.807, 2.05) is 12.1 Å². The van der Waals surface area contributed by atoms with Gasteiger partial charge < -0.3 is 15.8 Å². The van der Waals surface area contributed by atoms with Crippen molar-refractivity contribution in [3.05, 3.63) is 28.5 Å². The van der Waals surface area contributed by atoms with Gasteiger partial charge in [-0.05, 0) is 35.5 Å². The minimum absolute atomic E-state index is 0.0108. The summed E-state index contributed by atoms with van der Waals surface area (Å²) >= 11 is 0. The molecule has 88 valence electrons. The van der Waals surface area contributed by atoms with Crippen LogP contribution in [0.25, 0.3) is 11.0 Å². The largest absolute Gasteiger partial charge is 0.594 e. The molecule has 0 radical (unpaired) electrons. The number of hydrogen-bond donors (Lipinski definition) is 1. The molecule has 3 rings (SSSR count). The van der Waals surface area contributed by atoms with E-state index in [0.29, 0.717) is 15.9 Å². The van der Waals surface area contributed by atoms with Crippen LogP contribution >= 0.6 is 0 Å². The normalized spacial score (nSPS) is 16.1. The van der Waals surface area contributed by atoms with Crippen molar-refractivity contribution in [2.45, 2.75) is 13.0 Å². The number of benzene rings is 1. The van der Waals surface area contributed by atoms with Gasteiger partial charge in [0.05, 0.1) is 5.10 Å². The van der Waals surface area contributed by atoms with Gasteiger partial charge in [-0.1, -0.05) is 0 Å². The smallest absolute Gasteiger partial charge is 0.288 e. The fourth-order valence-corrected chi connectivity index (χ4v) is 2.26. The van der Waals surface area contributed by atoms with E-state index in [0.717, 1.165) is 19.5 Å². The Kier molecular flexibility index (Phi) is 2.12. The maximum atomic E-state index is 11.6. The number of aromatic nitrogens is 3. The van der Waals surface area contributed by atoms with Crippen LogP contribution in [0.4, 0.5) is 5.95 Å². The zero-order chi connectivity index (χ0) is 12.0. The van der Waals surface area contributed by atoms with Crippen LogP contribution in [0.1, 0.15) is 11.1 Å². The molecular formula is C11H13N5O. The average Bonchev–Trinajstić information content (AvgIpc) is 2.26. The molecule has 2 aromatic rings. The van der Waals surface area contributed by atoms with Gasteiger partial charge in [0.25, 0.3) is 11.5 Å². The van der Waals surface area contributed by atoms with E-state index in [1.54, 1.807) is 0 Å². The first-order chi connectivity index (χ1) is 8.13. The van der Waals surface area contributed by atoms with E-state index in [2.05, 4.69) is 22.0 Å². The van der Waals surface area contributed by atoms with Crippen LogP contribution in [0.3, 0.4) is 0 Å². The number of nitrogen functional groups attached to an aromatic ring is 1. The molecule has 0 unspecified atom stereocenters. The molecular weight excluding hydrogens is 218 g/mol. The molecule has 0 saturated carbocycles. The summed E-state index contributed by atoms with van der Waals surface area (Å²) in [5, 5.41) is 15.2. The molecule has 6 nitrogen and oxygen atoms in total. The highest BCUT2D eigenvalue weighted by Crippen LogP contribution is 2.22. The standard InChI is InChI=1S/C11H13N5O/c1-15-3-2-7-5-10-9(4-8(7)6-15)13-11(12)14-16(10)17/h4-5H,2-3,6H2,1H3,(H2,12,13,14). The summed E-state index contributed by atoms with van der Waals surface area (Å²) in [4.78, 5) is 6.89. The summed E-state index contributed by atoms with van der Waals surface area (Å²) in [7, 11) is 2.08. The number of nitrogens with two attached hydrogens (primary N) is 1.